The van der Waals surface area contributed by atoms with Crippen LogP contribution in [0.25, 0.3) is 10.1 Å². The first-order valence-corrected chi connectivity index (χ1v) is 11.0. The topological polar surface area (TPSA) is 41.3 Å². The molecule has 4 nitrogen and oxygen atoms in total. The highest BCUT2D eigenvalue weighted by Gasteiger charge is 2.12. The van der Waals surface area contributed by atoms with E-state index in [2.05, 4.69) is 69.9 Å². The quantitative estimate of drug-likeness (QED) is 0.403. The molecule has 0 aliphatic carbocycles. The van der Waals surface area contributed by atoms with Crippen molar-refractivity contribution in [3.8, 4) is 0 Å². The minimum Gasteiger partial charge on any atom is -0.391 e. The van der Waals surface area contributed by atoms with Crippen molar-refractivity contribution in [2.45, 2.75) is 39.5 Å². The second kappa shape index (κ2) is 9.25. The molecule has 0 saturated carbocycles. The number of anilines is 1. The zero-order valence-corrected chi connectivity index (χ0v) is 17.6. The summed E-state index contributed by atoms with van der Waals surface area (Å²) in [7, 11) is 0. The van der Waals surface area contributed by atoms with Gasteiger partial charge in [-0.25, -0.2) is 4.98 Å². The molecule has 2 heterocycles. The molecule has 4 aromatic rings. The van der Waals surface area contributed by atoms with Gasteiger partial charge in [0.1, 0.15) is 0 Å². The number of aliphatic hydroxyl groups excluding tert-OH is 1. The Hall–Kier alpha value is -2.63. The fraction of sp³-hybridized carbons (Fsp3) is 0.292. The molecule has 0 amide bonds. The van der Waals surface area contributed by atoms with Crippen LogP contribution in [0.2, 0.25) is 0 Å². The summed E-state index contributed by atoms with van der Waals surface area (Å²) in [5.41, 5.74) is 3.72. The number of rotatable bonds is 9. The maximum absolute atomic E-state index is 9.45. The van der Waals surface area contributed by atoms with E-state index in [1.165, 1.54) is 27.0 Å². The van der Waals surface area contributed by atoms with Crippen molar-refractivity contribution in [3.05, 3.63) is 83.3 Å². The number of hydrogen-bond donors (Lipinski definition) is 1. The van der Waals surface area contributed by atoms with Gasteiger partial charge in [0, 0.05) is 34.6 Å². The fourth-order valence-electron chi connectivity index (χ4n) is 3.61. The Morgan fingerprint density at radius 3 is 2.76 bits per heavy atom. The zero-order valence-electron chi connectivity index (χ0n) is 16.8. The molecule has 0 fully saturated rings. The average molecular weight is 406 g/mol. The summed E-state index contributed by atoms with van der Waals surface area (Å²) in [6.07, 6.45) is 6.22. The van der Waals surface area contributed by atoms with Gasteiger partial charge in [-0.15, -0.1) is 11.3 Å². The lowest BCUT2D eigenvalue weighted by Crippen LogP contribution is -2.25. The van der Waals surface area contributed by atoms with Gasteiger partial charge in [-0.05, 0) is 41.6 Å². The van der Waals surface area contributed by atoms with Crippen LogP contribution < -0.4 is 4.90 Å². The third-order valence-electron chi connectivity index (χ3n) is 5.20. The number of aromatic nitrogens is 2. The predicted octanol–water partition coefficient (Wildman–Crippen LogP) is 5.45. The molecule has 2 aromatic heterocycles. The molecule has 0 aliphatic heterocycles. The number of fused-ring (bicyclic) bond motifs is 1. The van der Waals surface area contributed by atoms with E-state index in [4.69, 9.17) is 0 Å². The second-order valence-electron chi connectivity index (χ2n) is 7.37. The Morgan fingerprint density at radius 2 is 1.97 bits per heavy atom. The molecule has 0 atom stereocenters. The van der Waals surface area contributed by atoms with E-state index < -0.39 is 0 Å². The Balaban J connectivity index is 1.59. The highest BCUT2D eigenvalue weighted by atomic mass is 32.1. The third kappa shape index (κ3) is 4.69. The minimum atomic E-state index is 0.104. The second-order valence-corrected chi connectivity index (χ2v) is 8.53. The minimum absolute atomic E-state index is 0.104. The van der Waals surface area contributed by atoms with Crippen LogP contribution in [0.15, 0.2) is 67.1 Å². The number of nitrogens with zero attached hydrogens (tertiary/aromatic N) is 3. The Morgan fingerprint density at radius 1 is 1.10 bits per heavy atom. The number of aliphatic hydroxyl groups is 1. The molecule has 5 heteroatoms. The van der Waals surface area contributed by atoms with Crippen molar-refractivity contribution in [2.75, 3.05) is 11.4 Å². The number of hydrogen-bond acceptors (Lipinski definition) is 4. The van der Waals surface area contributed by atoms with Gasteiger partial charge < -0.3 is 14.6 Å². The van der Waals surface area contributed by atoms with Crippen molar-refractivity contribution in [2.24, 2.45) is 0 Å². The van der Waals surface area contributed by atoms with Gasteiger partial charge in [0.05, 0.1) is 25.2 Å². The lowest BCUT2D eigenvalue weighted by Gasteiger charge is -2.25. The fourth-order valence-corrected chi connectivity index (χ4v) is 4.51. The van der Waals surface area contributed by atoms with Crippen molar-refractivity contribution >= 4 is 27.1 Å². The molecule has 150 valence electrons. The van der Waals surface area contributed by atoms with E-state index in [0.29, 0.717) is 0 Å². The zero-order chi connectivity index (χ0) is 20.1. The Kier molecular flexibility index (Phi) is 6.27. The number of imidazole rings is 1. The molecule has 0 bridgehead atoms. The number of thiophene rings is 1. The highest BCUT2D eigenvalue weighted by molar-refractivity contribution is 7.19. The van der Waals surface area contributed by atoms with Crippen LogP contribution in [-0.2, 0) is 19.7 Å². The summed E-state index contributed by atoms with van der Waals surface area (Å²) in [6.45, 7) is 5.01. The largest absolute Gasteiger partial charge is 0.391 e. The molecule has 0 radical (unpaired) electrons. The van der Waals surface area contributed by atoms with Crippen LogP contribution in [-0.4, -0.2) is 21.2 Å². The van der Waals surface area contributed by atoms with E-state index in [-0.39, 0.29) is 6.61 Å². The molecule has 2 aromatic carbocycles. The first kappa shape index (κ1) is 19.7. The molecule has 29 heavy (non-hydrogen) atoms. The van der Waals surface area contributed by atoms with Crippen LogP contribution in [0.3, 0.4) is 0 Å². The average Bonchev–Trinajstić information content (AvgIpc) is 3.37. The summed E-state index contributed by atoms with van der Waals surface area (Å²) in [4.78, 5) is 7.87. The highest BCUT2D eigenvalue weighted by Crippen LogP contribution is 2.30. The first-order valence-electron chi connectivity index (χ1n) is 10.2. The van der Waals surface area contributed by atoms with Crippen molar-refractivity contribution in [1.82, 2.24) is 9.55 Å². The molecule has 0 unspecified atom stereocenters. The molecule has 4 rings (SSSR count). The standard InChI is InChI=1S/C24H27N3OS/c1-2-3-11-26(21-9-10-24-20(12-21)13-23(17-28)29-24)16-22-14-25-18-27(22)15-19-7-5-4-6-8-19/h4-10,12-14,18,28H,2-3,11,15-17H2,1H3. The predicted molar refractivity (Wildman–Crippen MR) is 121 cm³/mol. The molecular weight excluding hydrogens is 378 g/mol. The van der Waals surface area contributed by atoms with E-state index in [9.17, 15) is 5.11 Å². The van der Waals surface area contributed by atoms with E-state index in [1.807, 2.05) is 18.6 Å². The van der Waals surface area contributed by atoms with Gasteiger partial charge in [-0.3, -0.25) is 0 Å². The lowest BCUT2D eigenvalue weighted by atomic mass is 10.2. The lowest BCUT2D eigenvalue weighted by molar-refractivity contribution is 0.285. The van der Waals surface area contributed by atoms with Gasteiger partial charge in [0.15, 0.2) is 0 Å². The summed E-state index contributed by atoms with van der Waals surface area (Å²) in [5.74, 6) is 0. The van der Waals surface area contributed by atoms with Gasteiger partial charge in [0.25, 0.3) is 0 Å². The third-order valence-corrected chi connectivity index (χ3v) is 6.30. The first-order chi connectivity index (χ1) is 14.3. The number of unbranched alkanes of at least 4 members (excludes halogenated alkanes) is 1. The van der Waals surface area contributed by atoms with Crippen molar-refractivity contribution in [3.63, 3.8) is 0 Å². The van der Waals surface area contributed by atoms with E-state index in [1.54, 1.807) is 11.3 Å². The molecule has 0 saturated heterocycles. The van der Waals surface area contributed by atoms with Gasteiger partial charge >= 0.3 is 0 Å². The molecule has 0 spiro atoms. The number of benzene rings is 2. The van der Waals surface area contributed by atoms with Crippen LogP contribution in [0.4, 0.5) is 5.69 Å². The molecule has 0 aliphatic rings. The Bertz CT molecular complexity index is 1050. The van der Waals surface area contributed by atoms with E-state index >= 15 is 0 Å². The van der Waals surface area contributed by atoms with Gasteiger partial charge in [-0.2, -0.15) is 0 Å². The monoisotopic (exact) mass is 405 g/mol. The van der Waals surface area contributed by atoms with Crippen LogP contribution >= 0.6 is 11.3 Å². The maximum atomic E-state index is 9.45. The summed E-state index contributed by atoms with van der Waals surface area (Å²) in [6, 6.07) is 19.2. The van der Waals surface area contributed by atoms with Crippen molar-refractivity contribution in [1.29, 1.82) is 0 Å². The van der Waals surface area contributed by atoms with Crippen molar-refractivity contribution < 1.29 is 5.11 Å². The van der Waals surface area contributed by atoms with E-state index in [0.717, 1.165) is 37.4 Å². The molecular formula is C24H27N3OS. The summed E-state index contributed by atoms with van der Waals surface area (Å²) >= 11 is 1.66. The SMILES string of the molecule is CCCCN(Cc1cncn1Cc1ccccc1)c1ccc2sc(CO)cc2c1. The normalized spacial score (nSPS) is 11.2. The van der Waals surface area contributed by atoms with Crippen LogP contribution in [0, 0.1) is 0 Å². The maximum Gasteiger partial charge on any atom is 0.0951 e. The molecule has 1 N–H and O–H groups in total. The Labute approximate surface area is 176 Å². The smallest absolute Gasteiger partial charge is 0.0951 e. The van der Waals surface area contributed by atoms with Gasteiger partial charge in [0.2, 0.25) is 0 Å². The van der Waals surface area contributed by atoms with Gasteiger partial charge in [-0.1, -0.05) is 43.7 Å². The van der Waals surface area contributed by atoms with Crippen LogP contribution in [0.1, 0.15) is 35.9 Å². The summed E-state index contributed by atoms with van der Waals surface area (Å²) in [5, 5.41) is 10.7. The van der Waals surface area contributed by atoms with Crippen LogP contribution in [0.5, 0.6) is 0 Å². The summed E-state index contributed by atoms with van der Waals surface area (Å²) < 4.78 is 3.46.